The third-order valence-corrected chi connectivity index (χ3v) is 7.77. The van der Waals surface area contributed by atoms with Crippen molar-refractivity contribution in [1.82, 2.24) is 10.3 Å². The summed E-state index contributed by atoms with van der Waals surface area (Å²) in [6.45, 7) is 1.79. The van der Waals surface area contributed by atoms with Crippen LogP contribution in [0.3, 0.4) is 0 Å². The van der Waals surface area contributed by atoms with Crippen molar-refractivity contribution in [1.29, 1.82) is 0 Å². The molecule has 3 atom stereocenters. The van der Waals surface area contributed by atoms with Gasteiger partial charge in [0.05, 0.1) is 10.6 Å². The third-order valence-electron chi connectivity index (χ3n) is 6.24. The lowest BCUT2D eigenvalue weighted by atomic mass is 9.85. The number of hydrogen-bond acceptors (Lipinski definition) is 6. The number of carbonyl (C=O) groups is 2. The first-order valence-electron chi connectivity index (χ1n) is 10.3. The number of hydrogen-bond donors (Lipinski definition) is 3. The number of rotatable bonds is 5. The highest BCUT2D eigenvalue weighted by molar-refractivity contribution is 8.15. The molecule has 0 radical (unpaired) electrons. The number of fused-ring (bicyclic) bond motifs is 1. The Morgan fingerprint density at radius 2 is 2.06 bits per heavy atom. The highest BCUT2D eigenvalue weighted by Gasteiger charge is 2.70. The number of halogens is 2. The largest absolute Gasteiger partial charge is 0.378 e. The maximum absolute atomic E-state index is 15.0. The number of carbonyl (C=O) groups excluding carboxylic acids is 2. The zero-order valence-corrected chi connectivity index (χ0v) is 18.8. The molecule has 2 aromatic rings. The summed E-state index contributed by atoms with van der Waals surface area (Å²) in [5.74, 6) is -1.18. The molecule has 2 saturated carbocycles. The van der Waals surface area contributed by atoms with E-state index in [1.807, 2.05) is 0 Å². The molecule has 4 N–H and O–H groups in total. The Hall–Kier alpha value is -2.65. The summed E-state index contributed by atoms with van der Waals surface area (Å²) in [5.41, 5.74) is 5.95. The zero-order valence-electron chi connectivity index (χ0n) is 17.2. The van der Waals surface area contributed by atoms with Gasteiger partial charge in [-0.15, -0.1) is 0 Å². The Morgan fingerprint density at radius 1 is 1.28 bits per heavy atom. The van der Waals surface area contributed by atoms with Gasteiger partial charge in [-0.1, -0.05) is 23.4 Å². The monoisotopic (exact) mass is 473 g/mol. The van der Waals surface area contributed by atoms with E-state index in [2.05, 4.69) is 20.6 Å². The van der Waals surface area contributed by atoms with Gasteiger partial charge in [0.15, 0.2) is 5.17 Å². The zero-order chi connectivity index (χ0) is 22.7. The van der Waals surface area contributed by atoms with Crippen LogP contribution in [0.1, 0.15) is 42.2 Å². The van der Waals surface area contributed by atoms with Crippen molar-refractivity contribution in [2.45, 2.75) is 42.5 Å². The van der Waals surface area contributed by atoms with Crippen molar-refractivity contribution in [3.63, 3.8) is 0 Å². The van der Waals surface area contributed by atoms with Crippen LogP contribution >= 0.6 is 23.4 Å². The molecule has 0 saturated heterocycles. The first kappa shape index (κ1) is 21.2. The summed E-state index contributed by atoms with van der Waals surface area (Å²) in [6.07, 6.45) is 3.90. The normalized spacial score (nSPS) is 28.3. The molecule has 5 rings (SSSR count). The van der Waals surface area contributed by atoms with Gasteiger partial charge in [0.1, 0.15) is 16.3 Å². The topological polar surface area (TPSA) is 109 Å². The molecule has 1 aromatic carbocycles. The summed E-state index contributed by atoms with van der Waals surface area (Å²) in [7, 11) is 0. The Labute approximate surface area is 193 Å². The number of thioether (sulfide) groups is 1. The number of aromatic nitrogens is 1. The molecule has 32 heavy (non-hydrogen) atoms. The molecule has 1 aliphatic heterocycles. The molecule has 2 heterocycles. The van der Waals surface area contributed by atoms with Gasteiger partial charge < -0.3 is 16.4 Å². The highest BCUT2D eigenvalue weighted by Crippen LogP contribution is 2.66. The summed E-state index contributed by atoms with van der Waals surface area (Å²) in [4.78, 5) is 34.1. The lowest BCUT2D eigenvalue weighted by Crippen LogP contribution is -2.44. The molecule has 1 aromatic heterocycles. The van der Waals surface area contributed by atoms with Gasteiger partial charge in [-0.05, 0) is 56.5 Å². The van der Waals surface area contributed by atoms with Crippen LogP contribution in [0.2, 0.25) is 5.02 Å². The highest BCUT2D eigenvalue weighted by atomic mass is 35.5. The number of nitrogens with one attached hydrogen (secondary N) is 2. The number of pyridine rings is 1. The quantitative estimate of drug-likeness (QED) is 0.616. The molecule has 0 unspecified atom stereocenters. The van der Waals surface area contributed by atoms with Crippen molar-refractivity contribution >= 4 is 46.0 Å². The van der Waals surface area contributed by atoms with Crippen LogP contribution in [0, 0.1) is 11.7 Å². The van der Waals surface area contributed by atoms with Gasteiger partial charge in [0, 0.05) is 29.4 Å². The lowest BCUT2D eigenvalue weighted by Gasteiger charge is -2.34. The van der Waals surface area contributed by atoms with Crippen molar-refractivity contribution in [2.75, 3.05) is 5.32 Å². The number of aliphatic imine (C=N–C) groups is 1. The molecule has 0 spiro atoms. The Balaban J connectivity index is 1.43. The van der Waals surface area contributed by atoms with Gasteiger partial charge in [-0.3, -0.25) is 14.6 Å². The smallest absolute Gasteiger partial charge is 0.274 e. The van der Waals surface area contributed by atoms with Gasteiger partial charge in [-0.2, -0.15) is 0 Å². The minimum atomic E-state index is -1.03. The van der Waals surface area contributed by atoms with E-state index in [9.17, 15) is 9.59 Å². The molecular formula is C22H21ClFN5O2S. The Kier molecular flexibility index (Phi) is 4.94. The molecule has 10 heteroatoms. The van der Waals surface area contributed by atoms with Crippen molar-refractivity contribution < 1.29 is 14.0 Å². The predicted octanol–water partition coefficient (Wildman–Crippen LogP) is 3.44. The third kappa shape index (κ3) is 3.63. The second-order valence-electron chi connectivity index (χ2n) is 8.60. The fourth-order valence-electron chi connectivity index (χ4n) is 4.30. The van der Waals surface area contributed by atoms with Crippen molar-refractivity contribution in [3.05, 3.63) is 58.6 Å². The van der Waals surface area contributed by atoms with Crippen LogP contribution < -0.4 is 16.4 Å². The van der Waals surface area contributed by atoms with E-state index in [-0.39, 0.29) is 34.3 Å². The van der Waals surface area contributed by atoms with Crippen LogP contribution in [-0.4, -0.2) is 32.8 Å². The Morgan fingerprint density at radius 3 is 2.75 bits per heavy atom. The second kappa shape index (κ2) is 7.45. The SMILES string of the molecule is C[C@]1(c2cc(NC(=O)c3ccc(Cl)cn3)ccc2F)N=C(N)S[C@@]2(C(=O)NC3CC3)C[C@H]21. The second-order valence-corrected chi connectivity index (χ2v) is 10.4. The number of nitrogens with two attached hydrogens (primary N) is 1. The molecular weight excluding hydrogens is 453 g/mol. The predicted molar refractivity (Wildman–Crippen MR) is 122 cm³/mol. The molecule has 7 nitrogen and oxygen atoms in total. The Bertz CT molecular complexity index is 1160. The molecule has 166 valence electrons. The molecule has 2 amide bonds. The lowest BCUT2D eigenvalue weighted by molar-refractivity contribution is -0.121. The average molecular weight is 474 g/mol. The fourth-order valence-corrected chi connectivity index (χ4v) is 5.80. The van der Waals surface area contributed by atoms with Crippen LogP contribution in [0.25, 0.3) is 0 Å². The first-order chi connectivity index (χ1) is 15.2. The molecule has 0 bridgehead atoms. The van der Waals surface area contributed by atoms with E-state index in [1.165, 1.54) is 36.2 Å². The van der Waals surface area contributed by atoms with E-state index >= 15 is 4.39 Å². The minimum Gasteiger partial charge on any atom is -0.378 e. The number of nitrogens with zero attached hydrogens (tertiary/aromatic N) is 2. The first-order valence-corrected chi connectivity index (χ1v) is 11.5. The van der Waals surface area contributed by atoms with Gasteiger partial charge in [0.25, 0.3) is 5.91 Å². The van der Waals surface area contributed by atoms with Crippen LogP contribution in [0.4, 0.5) is 10.1 Å². The van der Waals surface area contributed by atoms with E-state index in [4.69, 9.17) is 17.3 Å². The van der Waals surface area contributed by atoms with Crippen LogP contribution in [-0.2, 0) is 10.3 Å². The number of amides is 2. The summed E-state index contributed by atoms with van der Waals surface area (Å²) < 4.78 is 14.3. The maximum Gasteiger partial charge on any atom is 0.274 e. The van der Waals surface area contributed by atoms with Gasteiger partial charge >= 0.3 is 0 Å². The van der Waals surface area contributed by atoms with E-state index in [1.54, 1.807) is 19.1 Å². The van der Waals surface area contributed by atoms with Gasteiger partial charge in [0.2, 0.25) is 5.91 Å². The van der Waals surface area contributed by atoms with Crippen molar-refractivity contribution in [3.8, 4) is 0 Å². The van der Waals surface area contributed by atoms with E-state index in [0.29, 0.717) is 17.1 Å². The average Bonchev–Trinajstić information content (AvgIpc) is 3.66. The fraction of sp³-hybridized carbons (Fsp3) is 0.364. The molecule has 3 aliphatic rings. The van der Waals surface area contributed by atoms with E-state index in [0.717, 1.165) is 12.8 Å². The number of benzene rings is 1. The van der Waals surface area contributed by atoms with E-state index < -0.39 is 22.0 Å². The minimum absolute atomic E-state index is 0.0576. The van der Waals surface area contributed by atoms with Gasteiger partial charge in [-0.25, -0.2) is 9.37 Å². The molecule has 2 aliphatic carbocycles. The standard InChI is InChI=1S/C22H21ClFN5O2S/c1-21(17-9-22(17,32-20(25)29-21)19(31)28-12-3-4-12)14-8-13(5-6-15(14)24)27-18(30)16-7-2-11(23)10-26-16/h2,5-8,10,12,17H,3-4,9H2,1H3,(H2,25,29)(H,27,30)(H,28,31)/t17-,21+,22-/m0/s1. The maximum atomic E-state index is 15.0. The summed E-state index contributed by atoms with van der Waals surface area (Å²) in [6, 6.07) is 7.61. The summed E-state index contributed by atoms with van der Waals surface area (Å²) >= 11 is 7.08. The molecule has 2 fully saturated rings. The van der Waals surface area contributed by atoms with Crippen LogP contribution in [0.5, 0.6) is 0 Å². The van der Waals surface area contributed by atoms with Crippen LogP contribution in [0.15, 0.2) is 41.5 Å². The van der Waals surface area contributed by atoms with Crippen molar-refractivity contribution in [2.24, 2.45) is 16.6 Å². The number of anilines is 1. The summed E-state index contributed by atoms with van der Waals surface area (Å²) in [5, 5.41) is 6.46. The number of amidine groups is 1.